The summed E-state index contributed by atoms with van der Waals surface area (Å²) in [5.74, 6) is 0.417. The summed E-state index contributed by atoms with van der Waals surface area (Å²) in [5.41, 5.74) is 4.08. The maximum absolute atomic E-state index is 12.5. The fraction of sp³-hybridized carbons (Fsp3) is 0.130. The number of amides is 1. The van der Waals surface area contributed by atoms with E-state index in [9.17, 15) is 4.79 Å². The molecule has 0 aliphatic heterocycles. The van der Waals surface area contributed by atoms with E-state index in [1.165, 1.54) is 0 Å². The van der Waals surface area contributed by atoms with Crippen LogP contribution in [0.3, 0.4) is 0 Å². The smallest absolute Gasteiger partial charge is 0.265 e. The number of pyridine rings is 1. The van der Waals surface area contributed by atoms with E-state index < -0.39 is 6.10 Å². The predicted octanol–water partition coefficient (Wildman–Crippen LogP) is 4.49. The number of benzene rings is 2. The van der Waals surface area contributed by atoms with Crippen LogP contribution in [0.4, 0.5) is 5.69 Å². The molecule has 1 amide bonds. The fourth-order valence-corrected chi connectivity index (χ4v) is 2.95. The molecule has 1 atom stereocenters. The number of aromatic nitrogens is 3. The number of carbonyl (C=O) groups excluding carboxylic acids is 1. The summed E-state index contributed by atoms with van der Waals surface area (Å²) in [6.07, 6.45) is 4.97. The van der Waals surface area contributed by atoms with Gasteiger partial charge in [-0.25, -0.2) is 4.98 Å². The standard InChI is InChI=1S/C23H20N4O2/c1-2-22(23(28)26-17-6-5-13-24-14-17)29-18-11-9-16(10-12-18)21-15-25-19-7-3-4-8-20(19)27-21/h3-15,22H,2H2,1H3,(H,26,28)/t22-/m0/s1. The molecular weight excluding hydrogens is 364 g/mol. The molecule has 6 heteroatoms. The summed E-state index contributed by atoms with van der Waals surface area (Å²) in [7, 11) is 0. The lowest BCUT2D eigenvalue weighted by Crippen LogP contribution is -2.32. The molecule has 0 spiro atoms. The molecule has 0 saturated carbocycles. The Morgan fingerprint density at radius 2 is 1.79 bits per heavy atom. The minimum Gasteiger partial charge on any atom is -0.481 e. The summed E-state index contributed by atoms with van der Waals surface area (Å²) in [4.78, 5) is 25.6. The van der Waals surface area contributed by atoms with Crippen molar-refractivity contribution in [2.45, 2.75) is 19.4 Å². The molecule has 0 bridgehead atoms. The lowest BCUT2D eigenvalue weighted by Gasteiger charge is -2.17. The Bertz CT molecular complexity index is 1110. The highest BCUT2D eigenvalue weighted by Gasteiger charge is 2.18. The zero-order valence-electron chi connectivity index (χ0n) is 15.9. The Morgan fingerprint density at radius 3 is 2.52 bits per heavy atom. The summed E-state index contributed by atoms with van der Waals surface area (Å²) in [5, 5.41) is 2.82. The van der Waals surface area contributed by atoms with Crippen molar-refractivity contribution in [2.24, 2.45) is 0 Å². The van der Waals surface area contributed by atoms with E-state index in [-0.39, 0.29) is 5.91 Å². The fourth-order valence-electron chi connectivity index (χ4n) is 2.95. The Balaban J connectivity index is 1.47. The molecule has 6 nitrogen and oxygen atoms in total. The summed E-state index contributed by atoms with van der Waals surface area (Å²) >= 11 is 0. The molecule has 144 valence electrons. The predicted molar refractivity (Wildman–Crippen MR) is 113 cm³/mol. The molecule has 4 aromatic rings. The van der Waals surface area contributed by atoms with Crippen molar-refractivity contribution >= 4 is 22.6 Å². The van der Waals surface area contributed by atoms with Crippen LogP contribution >= 0.6 is 0 Å². The first-order chi connectivity index (χ1) is 14.2. The van der Waals surface area contributed by atoms with E-state index in [0.29, 0.717) is 17.9 Å². The van der Waals surface area contributed by atoms with Gasteiger partial charge < -0.3 is 10.1 Å². The van der Waals surface area contributed by atoms with Crippen LogP contribution in [0.15, 0.2) is 79.3 Å². The number of carbonyl (C=O) groups is 1. The second-order valence-corrected chi connectivity index (χ2v) is 6.51. The van der Waals surface area contributed by atoms with Crippen molar-refractivity contribution in [1.82, 2.24) is 15.0 Å². The van der Waals surface area contributed by atoms with Crippen molar-refractivity contribution in [3.63, 3.8) is 0 Å². The highest BCUT2D eigenvalue weighted by molar-refractivity contribution is 5.94. The van der Waals surface area contributed by atoms with Crippen LogP contribution in [0.2, 0.25) is 0 Å². The number of ether oxygens (including phenoxy) is 1. The first-order valence-corrected chi connectivity index (χ1v) is 9.42. The van der Waals surface area contributed by atoms with Crippen LogP contribution < -0.4 is 10.1 Å². The number of anilines is 1. The molecule has 29 heavy (non-hydrogen) atoms. The normalized spacial score (nSPS) is 11.8. The van der Waals surface area contributed by atoms with Crippen LogP contribution in [-0.2, 0) is 4.79 Å². The highest BCUT2D eigenvalue weighted by atomic mass is 16.5. The molecule has 0 saturated heterocycles. The quantitative estimate of drug-likeness (QED) is 0.530. The van der Waals surface area contributed by atoms with Crippen molar-refractivity contribution in [1.29, 1.82) is 0 Å². The van der Waals surface area contributed by atoms with E-state index in [4.69, 9.17) is 4.74 Å². The second-order valence-electron chi connectivity index (χ2n) is 6.51. The van der Waals surface area contributed by atoms with Crippen LogP contribution in [0.25, 0.3) is 22.3 Å². The molecule has 0 unspecified atom stereocenters. The van der Waals surface area contributed by atoms with E-state index >= 15 is 0 Å². The van der Waals surface area contributed by atoms with Gasteiger partial charge in [0.1, 0.15) is 5.75 Å². The molecule has 2 heterocycles. The maximum Gasteiger partial charge on any atom is 0.265 e. The van der Waals surface area contributed by atoms with E-state index in [1.54, 1.807) is 30.7 Å². The van der Waals surface area contributed by atoms with Gasteiger partial charge in [-0.15, -0.1) is 0 Å². The lowest BCUT2D eigenvalue weighted by atomic mass is 10.1. The molecule has 0 radical (unpaired) electrons. The van der Waals surface area contributed by atoms with Crippen LogP contribution in [-0.4, -0.2) is 27.0 Å². The molecule has 0 aliphatic rings. The zero-order chi connectivity index (χ0) is 20.1. The van der Waals surface area contributed by atoms with Gasteiger partial charge in [0.15, 0.2) is 6.10 Å². The molecule has 4 rings (SSSR count). The highest BCUT2D eigenvalue weighted by Crippen LogP contribution is 2.23. The van der Waals surface area contributed by atoms with Gasteiger partial charge >= 0.3 is 0 Å². The molecule has 2 aromatic heterocycles. The third kappa shape index (κ3) is 4.38. The number of hydrogen-bond donors (Lipinski definition) is 1. The number of para-hydroxylation sites is 2. The third-order valence-electron chi connectivity index (χ3n) is 4.47. The van der Waals surface area contributed by atoms with E-state index in [2.05, 4.69) is 20.3 Å². The lowest BCUT2D eigenvalue weighted by molar-refractivity contribution is -0.122. The van der Waals surface area contributed by atoms with Crippen molar-refractivity contribution < 1.29 is 9.53 Å². The molecule has 2 aromatic carbocycles. The van der Waals surface area contributed by atoms with Gasteiger partial charge in [-0.3, -0.25) is 14.8 Å². The van der Waals surface area contributed by atoms with Crippen LogP contribution in [0.5, 0.6) is 5.75 Å². The van der Waals surface area contributed by atoms with Crippen molar-refractivity contribution in [2.75, 3.05) is 5.32 Å². The van der Waals surface area contributed by atoms with E-state index in [0.717, 1.165) is 22.3 Å². The Labute approximate surface area is 168 Å². The van der Waals surface area contributed by atoms with Gasteiger partial charge in [-0.05, 0) is 55.0 Å². The summed E-state index contributed by atoms with van der Waals surface area (Å²) in [6.45, 7) is 1.91. The monoisotopic (exact) mass is 384 g/mol. The van der Waals surface area contributed by atoms with Gasteiger partial charge in [0.05, 0.1) is 34.8 Å². The minimum atomic E-state index is -0.596. The maximum atomic E-state index is 12.5. The number of nitrogens with one attached hydrogen (secondary N) is 1. The average molecular weight is 384 g/mol. The van der Waals surface area contributed by atoms with Crippen LogP contribution in [0, 0.1) is 0 Å². The largest absolute Gasteiger partial charge is 0.481 e. The summed E-state index contributed by atoms with van der Waals surface area (Å²) < 4.78 is 5.89. The third-order valence-corrected chi connectivity index (χ3v) is 4.47. The number of fused-ring (bicyclic) bond motifs is 1. The number of nitrogens with zero attached hydrogens (tertiary/aromatic N) is 3. The second kappa shape index (κ2) is 8.48. The SMILES string of the molecule is CC[C@H](Oc1ccc(-c2cnc3ccccc3n2)cc1)C(=O)Nc1cccnc1. The molecule has 0 aliphatic carbocycles. The average Bonchev–Trinajstić information content (AvgIpc) is 2.78. The Hall–Kier alpha value is -3.80. The van der Waals surface area contributed by atoms with E-state index in [1.807, 2.05) is 55.5 Å². The number of rotatable bonds is 6. The van der Waals surface area contributed by atoms with Crippen molar-refractivity contribution in [3.05, 3.63) is 79.3 Å². The zero-order valence-corrected chi connectivity index (χ0v) is 15.9. The van der Waals surface area contributed by atoms with Gasteiger partial charge in [0.25, 0.3) is 5.91 Å². The number of hydrogen-bond acceptors (Lipinski definition) is 5. The molecular formula is C23H20N4O2. The van der Waals surface area contributed by atoms with Gasteiger partial charge in [0, 0.05) is 11.8 Å². The topological polar surface area (TPSA) is 77.0 Å². The van der Waals surface area contributed by atoms with Crippen molar-refractivity contribution in [3.8, 4) is 17.0 Å². The molecule has 1 N–H and O–H groups in total. The van der Waals surface area contributed by atoms with Gasteiger partial charge in [0.2, 0.25) is 0 Å². The van der Waals surface area contributed by atoms with Gasteiger partial charge in [-0.2, -0.15) is 0 Å². The Morgan fingerprint density at radius 1 is 1.00 bits per heavy atom. The first kappa shape index (κ1) is 18.6. The van der Waals surface area contributed by atoms with Gasteiger partial charge in [-0.1, -0.05) is 19.1 Å². The Kier molecular flexibility index (Phi) is 5.42. The van der Waals surface area contributed by atoms with Crippen LogP contribution in [0.1, 0.15) is 13.3 Å². The first-order valence-electron chi connectivity index (χ1n) is 9.42. The minimum absolute atomic E-state index is 0.204. The summed E-state index contributed by atoms with van der Waals surface area (Å²) in [6, 6.07) is 18.8. The molecule has 0 fully saturated rings.